The fraction of sp³-hybridized carbons (Fsp3) is 0.440. The van der Waals surface area contributed by atoms with Crippen LogP contribution >= 0.6 is 0 Å². The fourth-order valence-electron chi connectivity index (χ4n) is 4.78. The number of hydrogen-bond donors (Lipinski definition) is 3. The summed E-state index contributed by atoms with van der Waals surface area (Å²) in [4.78, 5) is 24.2. The van der Waals surface area contributed by atoms with Gasteiger partial charge in [0.1, 0.15) is 23.6 Å². The number of aliphatic hydroxyl groups is 2. The summed E-state index contributed by atoms with van der Waals surface area (Å²) in [5.41, 5.74) is 1.78. The second kappa shape index (κ2) is 8.73. The van der Waals surface area contributed by atoms with E-state index in [0.717, 1.165) is 61.0 Å². The molecule has 2 atom stereocenters. The van der Waals surface area contributed by atoms with Gasteiger partial charge in [-0.3, -0.25) is 9.59 Å². The number of rotatable bonds is 7. The van der Waals surface area contributed by atoms with E-state index in [2.05, 4.69) is 11.9 Å². The Hall–Kier alpha value is -3.22. The van der Waals surface area contributed by atoms with Crippen LogP contribution in [0.4, 0.5) is 0 Å². The Morgan fingerprint density at radius 1 is 1.25 bits per heavy atom. The summed E-state index contributed by atoms with van der Waals surface area (Å²) in [7, 11) is 0. The van der Waals surface area contributed by atoms with Crippen LogP contribution in [0.25, 0.3) is 0 Å². The molecule has 32 heavy (non-hydrogen) atoms. The first-order valence-electron chi connectivity index (χ1n) is 11.0. The summed E-state index contributed by atoms with van der Waals surface area (Å²) in [5.74, 6) is 1.03. The predicted octanol–water partition coefficient (Wildman–Crippen LogP) is 4.39. The van der Waals surface area contributed by atoms with Gasteiger partial charge in [-0.15, -0.1) is 0 Å². The fourth-order valence-corrected chi connectivity index (χ4v) is 4.78. The third-order valence-corrected chi connectivity index (χ3v) is 6.79. The Kier molecular flexibility index (Phi) is 6.00. The van der Waals surface area contributed by atoms with E-state index in [-0.39, 0.29) is 36.1 Å². The highest BCUT2D eigenvalue weighted by Crippen LogP contribution is 2.55. The molecule has 170 valence electrons. The van der Waals surface area contributed by atoms with Crippen molar-refractivity contribution in [2.45, 2.75) is 45.4 Å². The molecule has 2 unspecified atom stereocenters. The summed E-state index contributed by atoms with van der Waals surface area (Å²) < 4.78 is 11.0. The molecule has 4 aliphatic rings. The Balaban J connectivity index is 1.55. The number of carbonyl (C=O) groups is 2. The Bertz CT molecular complexity index is 992. The van der Waals surface area contributed by atoms with Crippen LogP contribution < -0.4 is 5.32 Å². The van der Waals surface area contributed by atoms with Crippen molar-refractivity contribution in [3.05, 3.63) is 70.8 Å². The molecule has 4 rings (SSSR count). The van der Waals surface area contributed by atoms with E-state index in [0.29, 0.717) is 18.3 Å². The lowest BCUT2D eigenvalue weighted by atomic mass is 9.78. The average molecular weight is 440 g/mol. The normalized spacial score (nSPS) is 26.8. The van der Waals surface area contributed by atoms with E-state index in [1.807, 2.05) is 19.1 Å². The first-order valence-corrected chi connectivity index (χ1v) is 11.0. The zero-order valence-corrected chi connectivity index (χ0v) is 18.2. The van der Waals surface area contributed by atoms with Crippen LogP contribution in [0.2, 0.25) is 0 Å². The Morgan fingerprint density at radius 3 is 2.72 bits per heavy atom. The molecule has 3 N–H and O–H groups in total. The highest BCUT2D eigenvalue weighted by Gasteiger charge is 2.53. The molecule has 0 aromatic carbocycles. The number of aliphatic hydroxyl groups excluding tert-OH is 2. The first-order chi connectivity index (χ1) is 15.3. The topological polar surface area (TPSA) is 105 Å². The molecule has 0 saturated heterocycles. The van der Waals surface area contributed by atoms with Crippen LogP contribution in [-0.2, 0) is 19.1 Å². The molecule has 1 saturated carbocycles. The zero-order chi connectivity index (χ0) is 22.9. The van der Waals surface area contributed by atoms with Gasteiger partial charge >= 0.3 is 0 Å². The maximum atomic E-state index is 13.3. The molecule has 3 aliphatic carbocycles. The van der Waals surface area contributed by atoms with Crippen molar-refractivity contribution in [2.24, 2.45) is 17.3 Å². The van der Waals surface area contributed by atoms with Gasteiger partial charge in [0.25, 0.3) is 0 Å². The molecular formula is C25H29NO6. The monoisotopic (exact) mass is 439 g/mol. The summed E-state index contributed by atoms with van der Waals surface area (Å²) in [5, 5.41) is 23.1. The van der Waals surface area contributed by atoms with Gasteiger partial charge in [0.05, 0.1) is 5.41 Å². The molecule has 0 aromatic heterocycles. The SMILES string of the molecule is C=C(O)/C=C(\C(O)=C/C=O)C1C=C(NC(=O)C2(C3=CC4=C(CC3)OCO4)CC2)CCC1C. The first kappa shape index (κ1) is 22.0. The Labute approximate surface area is 187 Å². The van der Waals surface area contributed by atoms with Crippen molar-refractivity contribution < 1.29 is 29.3 Å². The van der Waals surface area contributed by atoms with E-state index in [1.54, 1.807) is 0 Å². The van der Waals surface area contributed by atoms with Crippen LogP contribution in [0.15, 0.2) is 70.8 Å². The second-order valence-corrected chi connectivity index (χ2v) is 8.91. The molecular weight excluding hydrogens is 410 g/mol. The number of allylic oxidation sites excluding steroid dienone is 7. The third kappa shape index (κ3) is 4.24. The molecule has 1 heterocycles. The van der Waals surface area contributed by atoms with Crippen molar-refractivity contribution in [1.82, 2.24) is 5.32 Å². The number of hydrogen-bond acceptors (Lipinski definition) is 6. The number of carbonyl (C=O) groups excluding carboxylic acids is 2. The highest BCUT2D eigenvalue weighted by molar-refractivity contribution is 5.90. The van der Waals surface area contributed by atoms with Gasteiger partial charge in [0.15, 0.2) is 5.76 Å². The van der Waals surface area contributed by atoms with Crippen LogP contribution in [0.3, 0.4) is 0 Å². The van der Waals surface area contributed by atoms with Gasteiger partial charge in [-0.2, -0.15) is 0 Å². The highest BCUT2D eigenvalue weighted by atomic mass is 16.7. The summed E-state index contributed by atoms with van der Waals surface area (Å²) in [6, 6.07) is 0. The van der Waals surface area contributed by atoms with Gasteiger partial charge in [-0.25, -0.2) is 0 Å². The smallest absolute Gasteiger partial charge is 0.234 e. The maximum absolute atomic E-state index is 13.3. The lowest BCUT2D eigenvalue weighted by Crippen LogP contribution is -2.35. The Morgan fingerprint density at radius 2 is 2.03 bits per heavy atom. The minimum Gasteiger partial charge on any atom is -0.509 e. The summed E-state index contributed by atoms with van der Waals surface area (Å²) in [6.45, 7) is 5.74. The number of amides is 1. The lowest BCUT2D eigenvalue weighted by molar-refractivity contribution is -0.124. The van der Waals surface area contributed by atoms with Crippen LogP contribution in [-0.4, -0.2) is 29.2 Å². The maximum Gasteiger partial charge on any atom is 0.234 e. The van der Waals surface area contributed by atoms with Gasteiger partial charge in [-0.05, 0) is 50.2 Å². The summed E-state index contributed by atoms with van der Waals surface area (Å²) >= 11 is 0. The summed E-state index contributed by atoms with van der Waals surface area (Å²) in [6.07, 6.45) is 11.4. The molecule has 0 bridgehead atoms. The van der Waals surface area contributed by atoms with Crippen molar-refractivity contribution in [2.75, 3.05) is 6.79 Å². The van der Waals surface area contributed by atoms with E-state index < -0.39 is 5.41 Å². The standard InChI is InChI=1S/C25H29NO6/c1-15-3-5-18(13-19(15)20(11-16(2)28)21(29)7-10-27)26-24(30)25(8-9-25)17-4-6-22-23(12-17)32-14-31-22/h7,10-13,15,19,28-29H,2-6,8-9,14H2,1H3,(H,26,30)/b20-11-,21-7+. The lowest BCUT2D eigenvalue weighted by Gasteiger charge is -2.30. The molecule has 7 nitrogen and oxygen atoms in total. The predicted molar refractivity (Wildman–Crippen MR) is 118 cm³/mol. The van der Waals surface area contributed by atoms with Crippen molar-refractivity contribution >= 4 is 12.2 Å². The van der Waals surface area contributed by atoms with Crippen molar-refractivity contribution in [3.8, 4) is 0 Å². The van der Waals surface area contributed by atoms with Gasteiger partial charge < -0.3 is 25.0 Å². The van der Waals surface area contributed by atoms with Crippen LogP contribution in [0.5, 0.6) is 0 Å². The molecule has 0 spiro atoms. The van der Waals surface area contributed by atoms with Crippen LogP contribution in [0.1, 0.15) is 45.4 Å². The van der Waals surface area contributed by atoms with E-state index in [1.165, 1.54) is 6.08 Å². The van der Waals surface area contributed by atoms with E-state index >= 15 is 0 Å². The molecule has 0 aromatic rings. The van der Waals surface area contributed by atoms with Gasteiger partial charge in [0.2, 0.25) is 12.7 Å². The number of nitrogens with one attached hydrogen (secondary N) is 1. The van der Waals surface area contributed by atoms with Crippen LogP contribution in [0, 0.1) is 17.3 Å². The van der Waals surface area contributed by atoms with Gasteiger partial charge in [-0.1, -0.05) is 25.2 Å². The van der Waals surface area contributed by atoms with Crippen molar-refractivity contribution in [1.29, 1.82) is 0 Å². The minimum absolute atomic E-state index is 0.0176. The number of aldehydes is 1. The van der Waals surface area contributed by atoms with Crippen molar-refractivity contribution in [3.63, 3.8) is 0 Å². The molecule has 7 heteroatoms. The minimum atomic E-state index is -0.499. The van der Waals surface area contributed by atoms with Gasteiger partial charge in [0, 0.05) is 29.7 Å². The quantitative estimate of drug-likeness (QED) is 0.235. The third-order valence-electron chi connectivity index (χ3n) is 6.79. The molecule has 1 aliphatic heterocycles. The molecule has 1 fully saturated rings. The number of ether oxygens (including phenoxy) is 2. The zero-order valence-electron chi connectivity index (χ0n) is 18.2. The van der Waals surface area contributed by atoms with E-state index in [9.17, 15) is 19.8 Å². The molecule has 0 radical (unpaired) electrons. The molecule has 1 amide bonds. The average Bonchev–Trinajstić information content (AvgIpc) is 3.44. The van der Waals surface area contributed by atoms with E-state index in [4.69, 9.17) is 9.47 Å². The largest absolute Gasteiger partial charge is 0.509 e. The second-order valence-electron chi connectivity index (χ2n) is 8.91.